The summed E-state index contributed by atoms with van der Waals surface area (Å²) in [6.07, 6.45) is 3.93. The van der Waals surface area contributed by atoms with Gasteiger partial charge < -0.3 is 5.73 Å². The lowest BCUT2D eigenvalue weighted by molar-refractivity contribution is 0.825. The molecule has 1 fully saturated rings. The van der Waals surface area contributed by atoms with Crippen molar-refractivity contribution in [3.05, 3.63) is 10.4 Å². The topological polar surface area (TPSA) is 38.9 Å². The third-order valence-corrected chi connectivity index (χ3v) is 2.62. The normalized spacial score (nSPS) is 17.6. The van der Waals surface area contributed by atoms with E-state index in [0.29, 0.717) is 5.82 Å². The fourth-order valence-electron chi connectivity index (χ4n) is 0.988. The molecule has 2 N–H and O–H groups in total. The minimum atomic E-state index is 0.681. The molecular formula is C7H10N2S. The highest BCUT2D eigenvalue weighted by Gasteiger charge is 2.22. The van der Waals surface area contributed by atoms with Crippen LogP contribution in [0.15, 0.2) is 5.38 Å². The van der Waals surface area contributed by atoms with Crippen molar-refractivity contribution in [3.63, 3.8) is 0 Å². The Labute approximate surface area is 64.1 Å². The molecule has 2 nitrogen and oxygen atoms in total. The summed E-state index contributed by atoms with van der Waals surface area (Å²) in [5.41, 5.74) is 5.47. The Morgan fingerprint density at radius 1 is 1.70 bits per heavy atom. The van der Waals surface area contributed by atoms with Gasteiger partial charge in [-0.05, 0) is 18.8 Å². The van der Waals surface area contributed by atoms with E-state index >= 15 is 0 Å². The van der Waals surface area contributed by atoms with Gasteiger partial charge >= 0.3 is 0 Å². The Hall–Kier alpha value is -0.570. The van der Waals surface area contributed by atoms with Crippen molar-refractivity contribution in [1.29, 1.82) is 0 Å². The number of nitrogen functional groups attached to an aromatic ring is 1. The molecule has 0 unspecified atom stereocenters. The van der Waals surface area contributed by atoms with Crippen LogP contribution in [0.5, 0.6) is 0 Å². The molecule has 54 valence electrons. The first kappa shape index (κ1) is 6.16. The lowest BCUT2D eigenvalue weighted by Gasteiger charge is -1.87. The number of aromatic nitrogens is 1. The molecule has 3 heteroatoms. The van der Waals surface area contributed by atoms with Gasteiger partial charge in [0.1, 0.15) is 5.82 Å². The molecule has 2 rings (SSSR count). The van der Waals surface area contributed by atoms with Crippen molar-refractivity contribution in [3.8, 4) is 0 Å². The molecule has 0 amide bonds. The highest BCUT2D eigenvalue weighted by Crippen LogP contribution is 2.33. The summed E-state index contributed by atoms with van der Waals surface area (Å²) in [6, 6.07) is 0. The van der Waals surface area contributed by atoms with Crippen molar-refractivity contribution in [2.45, 2.75) is 19.3 Å². The third-order valence-electron chi connectivity index (χ3n) is 1.73. The molecule has 0 bridgehead atoms. The number of thiazole rings is 1. The zero-order valence-electron chi connectivity index (χ0n) is 5.71. The average Bonchev–Trinajstić information content (AvgIpc) is 2.59. The Bertz CT molecular complexity index is 227. The summed E-state index contributed by atoms with van der Waals surface area (Å²) >= 11 is 1.68. The summed E-state index contributed by atoms with van der Waals surface area (Å²) in [5.74, 6) is 1.60. The summed E-state index contributed by atoms with van der Waals surface area (Å²) in [6.45, 7) is 0. The minimum Gasteiger partial charge on any atom is -0.383 e. The van der Waals surface area contributed by atoms with Crippen molar-refractivity contribution in [1.82, 2.24) is 4.98 Å². The van der Waals surface area contributed by atoms with E-state index in [2.05, 4.69) is 4.98 Å². The zero-order valence-corrected chi connectivity index (χ0v) is 6.53. The van der Waals surface area contributed by atoms with Gasteiger partial charge in [-0.3, -0.25) is 0 Å². The Kier molecular flexibility index (Phi) is 1.38. The van der Waals surface area contributed by atoms with Gasteiger partial charge in [-0.1, -0.05) is 0 Å². The smallest absolute Gasteiger partial charge is 0.134 e. The summed E-state index contributed by atoms with van der Waals surface area (Å²) in [5, 5.41) is 3.12. The summed E-state index contributed by atoms with van der Waals surface area (Å²) in [7, 11) is 0. The largest absolute Gasteiger partial charge is 0.383 e. The summed E-state index contributed by atoms with van der Waals surface area (Å²) in [4.78, 5) is 4.19. The molecule has 1 saturated carbocycles. The predicted molar refractivity (Wildman–Crippen MR) is 43.0 cm³/mol. The predicted octanol–water partition coefficient (Wildman–Crippen LogP) is 1.68. The number of hydrogen-bond acceptors (Lipinski definition) is 3. The second-order valence-electron chi connectivity index (χ2n) is 2.81. The van der Waals surface area contributed by atoms with E-state index in [1.54, 1.807) is 11.3 Å². The number of rotatable bonds is 2. The average molecular weight is 154 g/mol. The molecule has 1 aliphatic carbocycles. The van der Waals surface area contributed by atoms with Gasteiger partial charge in [0.25, 0.3) is 0 Å². The van der Waals surface area contributed by atoms with Gasteiger partial charge in [-0.2, -0.15) is 0 Å². The van der Waals surface area contributed by atoms with Crippen LogP contribution in [0.1, 0.15) is 17.8 Å². The molecular weight excluding hydrogens is 144 g/mol. The molecule has 0 saturated heterocycles. The van der Waals surface area contributed by atoms with Crippen molar-refractivity contribution in [2.24, 2.45) is 5.92 Å². The van der Waals surface area contributed by atoms with Crippen LogP contribution in [0.3, 0.4) is 0 Å². The van der Waals surface area contributed by atoms with E-state index in [9.17, 15) is 0 Å². The van der Waals surface area contributed by atoms with Crippen LogP contribution < -0.4 is 5.73 Å². The fraction of sp³-hybridized carbons (Fsp3) is 0.571. The molecule has 0 radical (unpaired) electrons. The Balaban J connectivity index is 2.03. The first-order valence-corrected chi connectivity index (χ1v) is 4.42. The Morgan fingerprint density at radius 2 is 2.50 bits per heavy atom. The van der Waals surface area contributed by atoms with Crippen LogP contribution >= 0.6 is 11.3 Å². The molecule has 0 aliphatic heterocycles. The first-order chi connectivity index (χ1) is 4.84. The lowest BCUT2D eigenvalue weighted by Crippen LogP contribution is -1.87. The first-order valence-electron chi connectivity index (χ1n) is 3.54. The number of nitrogens with two attached hydrogens (primary N) is 1. The van der Waals surface area contributed by atoms with E-state index in [1.165, 1.54) is 17.8 Å². The maximum Gasteiger partial charge on any atom is 0.134 e. The van der Waals surface area contributed by atoms with Crippen LogP contribution in [-0.4, -0.2) is 4.98 Å². The zero-order chi connectivity index (χ0) is 6.97. The van der Waals surface area contributed by atoms with Gasteiger partial charge in [0.15, 0.2) is 0 Å². The van der Waals surface area contributed by atoms with Gasteiger partial charge in [-0.25, -0.2) is 4.98 Å². The second-order valence-corrected chi connectivity index (χ2v) is 3.76. The molecule has 0 spiro atoms. The second kappa shape index (κ2) is 2.23. The molecule has 10 heavy (non-hydrogen) atoms. The van der Waals surface area contributed by atoms with E-state index in [4.69, 9.17) is 5.73 Å². The maximum atomic E-state index is 5.47. The molecule has 1 aromatic heterocycles. The lowest BCUT2D eigenvalue weighted by atomic mass is 10.3. The SMILES string of the molecule is Nc1csc(CC2CC2)n1. The number of nitrogens with zero attached hydrogens (tertiary/aromatic N) is 1. The molecule has 1 aliphatic rings. The van der Waals surface area contributed by atoms with E-state index in [-0.39, 0.29) is 0 Å². The number of hydrogen-bond donors (Lipinski definition) is 1. The molecule has 1 aromatic rings. The van der Waals surface area contributed by atoms with Gasteiger partial charge in [0.2, 0.25) is 0 Å². The van der Waals surface area contributed by atoms with Gasteiger partial charge in [0, 0.05) is 11.8 Å². The van der Waals surface area contributed by atoms with Crippen LogP contribution in [0.2, 0.25) is 0 Å². The standard InChI is InChI=1S/C7H10N2S/c8-6-4-10-7(9-6)3-5-1-2-5/h4-5H,1-3,8H2. The van der Waals surface area contributed by atoms with Crippen molar-refractivity contribution in [2.75, 3.05) is 5.73 Å². The van der Waals surface area contributed by atoms with Crippen LogP contribution in [0.25, 0.3) is 0 Å². The maximum absolute atomic E-state index is 5.47. The quantitative estimate of drug-likeness (QED) is 0.703. The van der Waals surface area contributed by atoms with Crippen LogP contribution in [-0.2, 0) is 6.42 Å². The van der Waals surface area contributed by atoms with Gasteiger partial charge in [-0.15, -0.1) is 11.3 Å². The highest BCUT2D eigenvalue weighted by atomic mass is 32.1. The van der Waals surface area contributed by atoms with E-state index in [1.807, 2.05) is 5.38 Å². The summed E-state index contributed by atoms with van der Waals surface area (Å²) < 4.78 is 0. The molecule has 0 atom stereocenters. The minimum absolute atomic E-state index is 0.681. The van der Waals surface area contributed by atoms with Gasteiger partial charge in [0.05, 0.1) is 5.01 Å². The number of anilines is 1. The molecule has 0 aromatic carbocycles. The fourth-order valence-corrected chi connectivity index (χ4v) is 1.79. The van der Waals surface area contributed by atoms with E-state index in [0.717, 1.165) is 12.3 Å². The van der Waals surface area contributed by atoms with Crippen LogP contribution in [0.4, 0.5) is 5.82 Å². The molecule has 1 heterocycles. The van der Waals surface area contributed by atoms with Crippen LogP contribution in [0, 0.1) is 5.92 Å². The van der Waals surface area contributed by atoms with Crippen molar-refractivity contribution >= 4 is 17.2 Å². The third kappa shape index (κ3) is 1.29. The van der Waals surface area contributed by atoms with E-state index < -0.39 is 0 Å². The highest BCUT2D eigenvalue weighted by molar-refractivity contribution is 7.10. The van der Waals surface area contributed by atoms with Crippen molar-refractivity contribution < 1.29 is 0 Å². The Morgan fingerprint density at radius 3 is 3.00 bits per heavy atom. The monoisotopic (exact) mass is 154 g/mol.